The molecule has 0 aromatic rings. The highest BCUT2D eigenvalue weighted by Crippen LogP contribution is 2.11. The van der Waals surface area contributed by atoms with Crippen LogP contribution in [0.15, 0.2) is 0 Å². The SMILES string of the molecule is C[C@H]1CNC(C(=O)O)C1. The van der Waals surface area contributed by atoms with Gasteiger partial charge in [0, 0.05) is 0 Å². The first-order valence-electron chi connectivity index (χ1n) is 3.16. The van der Waals surface area contributed by atoms with Crippen molar-refractivity contribution in [2.45, 2.75) is 19.4 Å². The number of hydrogen-bond donors (Lipinski definition) is 2. The largest absolute Gasteiger partial charge is 0.480 e. The molecule has 3 nitrogen and oxygen atoms in total. The molecule has 1 rings (SSSR count). The summed E-state index contributed by atoms with van der Waals surface area (Å²) in [5, 5.41) is 11.4. The Bertz CT molecular complexity index is 124. The summed E-state index contributed by atoms with van der Waals surface area (Å²) in [7, 11) is 0. The van der Waals surface area contributed by atoms with Crippen molar-refractivity contribution in [2.75, 3.05) is 6.54 Å². The van der Waals surface area contributed by atoms with E-state index in [1.807, 2.05) is 0 Å². The first kappa shape index (κ1) is 6.55. The molecule has 3 heteroatoms. The van der Waals surface area contributed by atoms with E-state index in [9.17, 15) is 4.79 Å². The zero-order valence-corrected chi connectivity index (χ0v) is 5.42. The van der Waals surface area contributed by atoms with Crippen molar-refractivity contribution in [3.05, 3.63) is 0 Å². The van der Waals surface area contributed by atoms with Crippen LogP contribution in [0.25, 0.3) is 0 Å². The van der Waals surface area contributed by atoms with Crippen LogP contribution in [0.3, 0.4) is 0 Å². The Morgan fingerprint density at radius 3 is 2.67 bits per heavy atom. The summed E-state index contributed by atoms with van der Waals surface area (Å²) in [5.41, 5.74) is 0. The lowest BCUT2D eigenvalue weighted by molar-refractivity contribution is -0.139. The summed E-state index contributed by atoms with van der Waals surface area (Å²) in [4.78, 5) is 10.3. The molecule has 0 amide bonds. The van der Waals surface area contributed by atoms with Gasteiger partial charge in [0.2, 0.25) is 0 Å². The zero-order valence-electron chi connectivity index (χ0n) is 5.42. The van der Waals surface area contributed by atoms with Crippen molar-refractivity contribution < 1.29 is 9.90 Å². The van der Waals surface area contributed by atoms with Crippen molar-refractivity contribution in [1.29, 1.82) is 0 Å². The first-order chi connectivity index (χ1) is 4.20. The lowest BCUT2D eigenvalue weighted by Crippen LogP contribution is -2.29. The van der Waals surface area contributed by atoms with E-state index in [2.05, 4.69) is 12.2 Å². The van der Waals surface area contributed by atoms with Crippen LogP contribution in [0, 0.1) is 5.92 Å². The van der Waals surface area contributed by atoms with Crippen molar-refractivity contribution in [2.24, 2.45) is 5.92 Å². The second kappa shape index (κ2) is 2.35. The monoisotopic (exact) mass is 129 g/mol. The van der Waals surface area contributed by atoms with Gasteiger partial charge in [0.05, 0.1) is 0 Å². The van der Waals surface area contributed by atoms with Gasteiger partial charge in [-0.25, -0.2) is 0 Å². The zero-order chi connectivity index (χ0) is 6.85. The van der Waals surface area contributed by atoms with Crippen molar-refractivity contribution in [3.8, 4) is 0 Å². The van der Waals surface area contributed by atoms with E-state index >= 15 is 0 Å². The average molecular weight is 129 g/mol. The summed E-state index contributed by atoms with van der Waals surface area (Å²) in [6.07, 6.45) is 0.773. The Labute approximate surface area is 54.1 Å². The first-order valence-corrected chi connectivity index (χ1v) is 3.16. The third-order valence-corrected chi connectivity index (χ3v) is 1.65. The molecule has 0 aromatic carbocycles. The van der Waals surface area contributed by atoms with E-state index in [1.54, 1.807) is 0 Å². The van der Waals surface area contributed by atoms with Crippen LogP contribution >= 0.6 is 0 Å². The molecular formula is C6H11NO2. The maximum absolute atomic E-state index is 10.3. The molecule has 9 heavy (non-hydrogen) atoms. The summed E-state index contributed by atoms with van der Waals surface area (Å²) >= 11 is 0. The van der Waals surface area contributed by atoms with Gasteiger partial charge < -0.3 is 10.4 Å². The Kier molecular flexibility index (Phi) is 1.71. The minimum Gasteiger partial charge on any atom is -0.480 e. The molecule has 0 saturated carbocycles. The molecule has 1 aliphatic heterocycles. The van der Waals surface area contributed by atoms with Crippen molar-refractivity contribution in [1.82, 2.24) is 5.32 Å². The second-order valence-corrected chi connectivity index (χ2v) is 2.64. The van der Waals surface area contributed by atoms with Crippen LogP contribution < -0.4 is 5.32 Å². The molecule has 1 aliphatic rings. The predicted octanol–water partition coefficient (Wildman–Crippen LogP) is 0.0690. The predicted molar refractivity (Wildman–Crippen MR) is 33.2 cm³/mol. The molecule has 0 bridgehead atoms. The van der Waals surface area contributed by atoms with E-state index < -0.39 is 5.97 Å². The minimum atomic E-state index is -0.723. The third kappa shape index (κ3) is 1.42. The molecule has 0 radical (unpaired) electrons. The Morgan fingerprint density at radius 1 is 1.78 bits per heavy atom. The van der Waals surface area contributed by atoms with E-state index in [-0.39, 0.29) is 6.04 Å². The van der Waals surface area contributed by atoms with Gasteiger partial charge in [-0.15, -0.1) is 0 Å². The summed E-state index contributed by atoms with van der Waals surface area (Å²) in [5.74, 6) is -0.203. The highest BCUT2D eigenvalue weighted by atomic mass is 16.4. The fourth-order valence-electron chi connectivity index (χ4n) is 1.10. The van der Waals surface area contributed by atoms with Crippen LogP contribution in [0.1, 0.15) is 13.3 Å². The fraction of sp³-hybridized carbons (Fsp3) is 0.833. The average Bonchev–Trinajstić information content (AvgIpc) is 2.14. The number of rotatable bonds is 1. The summed E-state index contributed by atoms with van der Waals surface area (Å²) in [6.45, 7) is 2.90. The second-order valence-electron chi connectivity index (χ2n) is 2.64. The van der Waals surface area contributed by atoms with Crippen molar-refractivity contribution in [3.63, 3.8) is 0 Å². The van der Waals surface area contributed by atoms with E-state index in [0.717, 1.165) is 13.0 Å². The van der Waals surface area contributed by atoms with Crippen LogP contribution in [0.5, 0.6) is 0 Å². The molecular weight excluding hydrogens is 118 g/mol. The third-order valence-electron chi connectivity index (χ3n) is 1.65. The van der Waals surface area contributed by atoms with E-state index in [0.29, 0.717) is 5.92 Å². The highest BCUT2D eigenvalue weighted by Gasteiger charge is 2.25. The topological polar surface area (TPSA) is 49.3 Å². The number of carbonyl (C=O) groups is 1. The molecule has 2 atom stereocenters. The molecule has 0 spiro atoms. The van der Waals surface area contributed by atoms with Gasteiger partial charge in [0.1, 0.15) is 6.04 Å². The Morgan fingerprint density at radius 2 is 2.44 bits per heavy atom. The fourth-order valence-corrected chi connectivity index (χ4v) is 1.10. The summed E-state index contributed by atoms with van der Waals surface area (Å²) in [6, 6.07) is -0.292. The van der Waals surface area contributed by atoms with Gasteiger partial charge in [-0.2, -0.15) is 0 Å². The molecule has 52 valence electrons. The van der Waals surface area contributed by atoms with E-state index in [1.165, 1.54) is 0 Å². The number of nitrogens with one attached hydrogen (secondary N) is 1. The van der Waals surface area contributed by atoms with Gasteiger partial charge in [-0.1, -0.05) is 6.92 Å². The summed E-state index contributed by atoms with van der Waals surface area (Å²) < 4.78 is 0. The minimum absolute atomic E-state index is 0.292. The molecule has 0 aromatic heterocycles. The van der Waals surface area contributed by atoms with Gasteiger partial charge in [-0.05, 0) is 18.9 Å². The Hall–Kier alpha value is -0.570. The van der Waals surface area contributed by atoms with Crippen LogP contribution in [0.4, 0.5) is 0 Å². The number of carboxylic acid groups (broad SMARTS) is 1. The van der Waals surface area contributed by atoms with Crippen molar-refractivity contribution >= 4 is 5.97 Å². The van der Waals surface area contributed by atoms with Gasteiger partial charge in [0.15, 0.2) is 0 Å². The van der Waals surface area contributed by atoms with Crippen LogP contribution in [0.2, 0.25) is 0 Å². The van der Waals surface area contributed by atoms with Crippen LogP contribution in [-0.2, 0) is 4.79 Å². The lowest BCUT2D eigenvalue weighted by atomic mass is 10.1. The molecule has 2 N–H and O–H groups in total. The molecule has 1 saturated heterocycles. The maximum Gasteiger partial charge on any atom is 0.320 e. The molecule has 0 aliphatic carbocycles. The van der Waals surface area contributed by atoms with Gasteiger partial charge in [0.25, 0.3) is 0 Å². The van der Waals surface area contributed by atoms with Crippen LogP contribution in [-0.4, -0.2) is 23.7 Å². The molecule has 1 fully saturated rings. The lowest BCUT2D eigenvalue weighted by Gasteiger charge is -2.00. The standard InChI is InChI=1S/C6H11NO2/c1-4-2-5(6(8)9)7-3-4/h4-5,7H,2-3H2,1H3,(H,8,9)/t4-,5?/m1/s1. The normalized spacial score (nSPS) is 34.8. The number of carboxylic acids is 1. The maximum atomic E-state index is 10.3. The quantitative estimate of drug-likeness (QED) is 0.526. The Balaban J connectivity index is 2.39. The molecule has 1 heterocycles. The number of hydrogen-bond acceptors (Lipinski definition) is 2. The van der Waals surface area contributed by atoms with Gasteiger partial charge >= 0.3 is 5.97 Å². The van der Waals surface area contributed by atoms with Gasteiger partial charge in [-0.3, -0.25) is 4.79 Å². The highest BCUT2D eigenvalue weighted by molar-refractivity contribution is 5.73. The molecule has 1 unspecified atom stereocenters. The van der Waals surface area contributed by atoms with E-state index in [4.69, 9.17) is 5.11 Å². The smallest absolute Gasteiger partial charge is 0.320 e. The number of aliphatic carboxylic acids is 1.